The third-order valence-corrected chi connectivity index (χ3v) is 5.88. The first-order valence-corrected chi connectivity index (χ1v) is 11.3. The van der Waals surface area contributed by atoms with Gasteiger partial charge in [0.1, 0.15) is 17.6 Å². The summed E-state index contributed by atoms with van der Waals surface area (Å²) >= 11 is 0. The predicted molar refractivity (Wildman–Crippen MR) is 126 cm³/mol. The van der Waals surface area contributed by atoms with Crippen LogP contribution >= 0.6 is 0 Å². The van der Waals surface area contributed by atoms with Gasteiger partial charge in [0.25, 0.3) is 5.91 Å². The maximum Gasteiger partial charge on any atom is 0.268 e. The number of benzene rings is 2. The van der Waals surface area contributed by atoms with Gasteiger partial charge < -0.3 is 20.5 Å². The number of carbonyl (C=O) groups is 2. The molecule has 1 aliphatic heterocycles. The van der Waals surface area contributed by atoms with Crippen LogP contribution in [0.3, 0.4) is 0 Å². The summed E-state index contributed by atoms with van der Waals surface area (Å²) in [6, 6.07) is 13.1. The number of fused-ring (bicyclic) bond motifs is 1. The van der Waals surface area contributed by atoms with Crippen molar-refractivity contribution in [1.82, 2.24) is 10.3 Å². The van der Waals surface area contributed by atoms with Gasteiger partial charge in [-0.3, -0.25) is 9.59 Å². The first-order chi connectivity index (χ1) is 15.5. The third-order valence-electron chi connectivity index (χ3n) is 5.88. The number of nitrogens with one attached hydrogen (secondary N) is 3. The molecule has 168 valence electrons. The van der Waals surface area contributed by atoms with E-state index in [0.29, 0.717) is 23.0 Å². The Morgan fingerprint density at radius 1 is 1.12 bits per heavy atom. The van der Waals surface area contributed by atoms with Crippen LogP contribution in [-0.4, -0.2) is 35.9 Å². The molecular formula is C25H29FN4O2. The molecule has 1 fully saturated rings. The first-order valence-electron chi connectivity index (χ1n) is 11.3. The van der Waals surface area contributed by atoms with Gasteiger partial charge in [0, 0.05) is 35.4 Å². The van der Waals surface area contributed by atoms with Crippen molar-refractivity contribution in [3.63, 3.8) is 0 Å². The van der Waals surface area contributed by atoms with Gasteiger partial charge in [-0.2, -0.15) is 0 Å². The van der Waals surface area contributed by atoms with Crippen LogP contribution in [0.1, 0.15) is 49.5 Å². The predicted octanol–water partition coefficient (Wildman–Crippen LogP) is 4.83. The second kappa shape index (κ2) is 9.85. The van der Waals surface area contributed by atoms with Crippen LogP contribution in [0.25, 0.3) is 10.9 Å². The molecule has 0 radical (unpaired) electrons. The van der Waals surface area contributed by atoms with Crippen molar-refractivity contribution in [2.45, 2.75) is 45.1 Å². The summed E-state index contributed by atoms with van der Waals surface area (Å²) in [6.45, 7) is 4.10. The van der Waals surface area contributed by atoms with Crippen molar-refractivity contribution < 1.29 is 14.0 Å². The number of rotatable bonds is 8. The Hall–Kier alpha value is -3.35. The number of halogens is 1. The van der Waals surface area contributed by atoms with E-state index in [1.165, 1.54) is 25.0 Å². The fraction of sp³-hybridized carbons (Fsp3) is 0.360. The van der Waals surface area contributed by atoms with Crippen LogP contribution in [0.2, 0.25) is 0 Å². The molecule has 0 bridgehead atoms. The lowest BCUT2D eigenvalue weighted by molar-refractivity contribution is -0.118. The highest BCUT2D eigenvalue weighted by molar-refractivity contribution is 6.02. The van der Waals surface area contributed by atoms with Gasteiger partial charge in [-0.1, -0.05) is 25.8 Å². The molecule has 0 aliphatic carbocycles. The molecule has 1 aliphatic rings. The molecule has 3 aromatic rings. The number of aromatic nitrogens is 1. The Morgan fingerprint density at radius 2 is 1.94 bits per heavy atom. The van der Waals surface area contributed by atoms with Crippen molar-refractivity contribution in [1.29, 1.82) is 0 Å². The number of hydrogen-bond donors (Lipinski definition) is 3. The summed E-state index contributed by atoms with van der Waals surface area (Å²) in [6.07, 6.45) is 4.62. The Kier molecular flexibility index (Phi) is 6.73. The average molecular weight is 437 g/mol. The summed E-state index contributed by atoms with van der Waals surface area (Å²) in [5.74, 6) is -0.990. The minimum atomic E-state index is -0.666. The standard InChI is InChI=1S/C25H29FN4O2/c1-2-3-9-22(29-25(32)23-15-17-14-18(26)10-11-21(17)28-23)24(31)27-19-7-6-8-20(16-19)30-12-4-5-13-30/h6-8,10-11,14-16,22,28H,2-5,9,12-13H2,1H3,(H,27,31)(H,29,32). The summed E-state index contributed by atoms with van der Waals surface area (Å²) in [4.78, 5) is 31.2. The maximum absolute atomic E-state index is 13.5. The number of nitrogens with zero attached hydrogens (tertiary/aromatic N) is 1. The molecule has 0 spiro atoms. The SMILES string of the molecule is CCCCC(NC(=O)c1cc2cc(F)ccc2[nH]1)C(=O)Nc1cccc(N2CCCC2)c1. The first kappa shape index (κ1) is 21.9. The highest BCUT2D eigenvalue weighted by Gasteiger charge is 2.22. The molecule has 1 saturated heterocycles. The molecule has 1 atom stereocenters. The van der Waals surface area contributed by atoms with Gasteiger partial charge in [0.2, 0.25) is 5.91 Å². The lowest BCUT2D eigenvalue weighted by atomic mass is 10.1. The minimum absolute atomic E-state index is 0.243. The van der Waals surface area contributed by atoms with Crippen molar-refractivity contribution in [3.05, 3.63) is 60.0 Å². The van der Waals surface area contributed by atoms with E-state index in [0.717, 1.165) is 37.3 Å². The Labute approximate surface area is 187 Å². The fourth-order valence-electron chi connectivity index (χ4n) is 4.12. The van der Waals surface area contributed by atoms with E-state index in [2.05, 4.69) is 26.6 Å². The van der Waals surface area contributed by atoms with E-state index in [9.17, 15) is 14.0 Å². The molecule has 2 amide bonds. The zero-order valence-electron chi connectivity index (χ0n) is 18.3. The van der Waals surface area contributed by atoms with Crippen molar-refractivity contribution in [2.75, 3.05) is 23.3 Å². The Morgan fingerprint density at radius 3 is 2.72 bits per heavy atom. The maximum atomic E-state index is 13.5. The smallest absolute Gasteiger partial charge is 0.268 e. The number of unbranched alkanes of at least 4 members (excludes halogenated alkanes) is 1. The van der Waals surface area contributed by atoms with Gasteiger partial charge in [-0.05, 0) is 61.7 Å². The monoisotopic (exact) mass is 436 g/mol. The van der Waals surface area contributed by atoms with Crippen LogP contribution in [0.15, 0.2) is 48.5 Å². The van der Waals surface area contributed by atoms with E-state index >= 15 is 0 Å². The van der Waals surface area contributed by atoms with Crippen LogP contribution in [0, 0.1) is 5.82 Å². The zero-order chi connectivity index (χ0) is 22.5. The van der Waals surface area contributed by atoms with Gasteiger partial charge in [-0.25, -0.2) is 4.39 Å². The van der Waals surface area contributed by atoms with E-state index in [-0.39, 0.29) is 17.6 Å². The van der Waals surface area contributed by atoms with Crippen molar-refractivity contribution >= 4 is 34.1 Å². The second-order valence-corrected chi connectivity index (χ2v) is 8.32. The lowest BCUT2D eigenvalue weighted by Gasteiger charge is -2.20. The zero-order valence-corrected chi connectivity index (χ0v) is 18.3. The summed E-state index contributed by atoms with van der Waals surface area (Å²) in [5, 5.41) is 6.43. The average Bonchev–Trinajstić information content (AvgIpc) is 3.46. The third kappa shape index (κ3) is 5.10. The van der Waals surface area contributed by atoms with Crippen LogP contribution in [-0.2, 0) is 4.79 Å². The number of H-pyrrole nitrogens is 1. The summed E-state index contributed by atoms with van der Waals surface area (Å²) in [5.41, 5.74) is 2.79. The quantitative estimate of drug-likeness (QED) is 0.473. The molecule has 32 heavy (non-hydrogen) atoms. The van der Waals surface area contributed by atoms with Crippen LogP contribution < -0.4 is 15.5 Å². The lowest BCUT2D eigenvalue weighted by Crippen LogP contribution is -2.44. The van der Waals surface area contributed by atoms with E-state index in [4.69, 9.17) is 0 Å². The normalized spacial score (nSPS) is 14.5. The van der Waals surface area contributed by atoms with Gasteiger partial charge in [-0.15, -0.1) is 0 Å². The summed E-state index contributed by atoms with van der Waals surface area (Å²) < 4.78 is 13.5. The van der Waals surface area contributed by atoms with Gasteiger partial charge in [0.15, 0.2) is 0 Å². The molecule has 1 unspecified atom stereocenters. The highest BCUT2D eigenvalue weighted by atomic mass is 19.1. The molecule has 2 heterocycles. The largest absolute Gasteiger partial charge is 0.371 e. The number of hydrogen-bond acceptors (Lipinski definition) is 3. The van der Waals surface area contributed by atoms with E-state index in [1.54, 1.807) is 12.1 Å². The van der Waals surface area contributed by atoms with Gasteiger partial charge in [0.05, 0.1) is 0 Å². The fourth-order valence-corrected chi connectivity index (χ4v) is 4.12. The Bertz CT molecular complexity index is 1100. The topological polar surface area (TPSA) is 77.2 Å². The number of carbonyl (C=O) groups excluding carboxylic acids is 2. The number of amides is 2. The minimum Gasteiger partial charge on any atom is -0.371 e. The van der Waals surface area contributed by atoms with Gasteiger partial charge >= 0.3 is 0 Å². The summed E-state index contributed by atoms with van der Waals surface area (Å²) in [7, 11) is 0. The highest BCUT2D eigenvalue weighted by Crippen LogP contribution is 2.23. The van der Waals surface area contributed by atoms with E-state index < -0.39 is 6.04 Å². The van der Waals surface area contributed by atoms with Crippen molar-refractivity contribution in [2.24, 2.45) is 0 Å². The molecular weight excluding hydrogens is 407 g/mol. The molecule has 1 aromatic heterocycles. The van der Waals surface area contributed by atoms with E-state index in [1.807, 2.05) is 25.1 Å². The number of anilines is 2. The second-order valence-electron chi connectivity index (χ2n) is 8.32. The molecule has 2 aromatic carbocycles. The molecule has 6 nitrogen and oxygen atoms in total. The molecule has 3 N–H and O–H groups in total. The van der Waals surface area contributed by atoms with Crippen molar-refractivity contribution in [3.8, 4) is 0 Å². The molecule has 0 saturated carbocycles. The molecule has 7 heteroatoms. The Balaban J connectivity index is 1.46. The molecule has 4 rings (SSSR count). The number of aromatic amines is 1. The van der Waals surface area contributed by atoms with Crippen LogP contribution in [0.4, 0.5) is 15.8 Å². The van der Waals surface area contributed by atoms with Crippen LogP contribution in [0.5, 0.6) is 0 Å².